The van der Waals surface area contributed by atoms with Gasteiger partial charge in [-0.3, -0.25) is 14.4 Å². The van der Waals surface area contributed by atoms with Crippen LogP contribution < -0.4 is 40.0 Å². The maximum atomic E-state index is 14.1. The predicted molar refractivity (Wildman–Crippen MR) is 194 cm³/mol. The molecule has 7 aliphatic heterocycles. The lowest BCUT2D eigenvalue weighted by molar-refractivity contribution is -0.141. The van der Waals surface area contributed by atoms with Gasteiger partial charge in [-0.15, -0.1) is 0 Å². The SMILES string of the molecule is COc1cc2ccc1Oc1ccc(cc1OC)C(=O)NCCOc1ccc(cc1)OC1(CCN(C(=O)c3cc(CC(C)C)[nH]c(=O)n3)CC1)C(=O)NC2. The van der Waals surface area contributed by atoms with Crippen molar-refractivity contribution in [3.05, 3.63) is 99.7 Å². The van der Waals surface area contributed by atoms with Crippen molar-refractivity contribution in [2.75, 3.05) is 40.5 Å². The number of aromatic nitrogens is 2. The Balaban J connectivity index is 1.26. The number of amides is 3. The fraction of sp³-hybridized carbons (Fsp3) is 0.359. The summed E-state index contributed by atoms with van der Waals surface area (Å²) in [4.78, 5) is 61.1. The molecule has 0 saturated carbocycles. The van der Waals surface area contributed by atoms with E-state index in [1.807, 2.05) is 13.8 Å². The molecule has 0 radical (unpaired) electrons. The number of likely N-dealkylation sites (tertiary alicyclic amines) is 1. The summed E-state index contributed by atoms with van der Waals surface area (Å²) in [6, 6.07) is 18.7. The Morgan fingerprint density at radius 1 is 0.887 bits per heavy atom. The van der Waals surface area contributed by atoms with Crippen molar-refractivity contribution in [2.45, 2.75) is 45.3 Å². The maximum Gasteiger partial charge on any atom is 0.345 e. The van der Waals surface area contributed by atoms with Crippen molar-refractivity contribution in [1.82, 2.24) is 25.5 Å². The van der Waals surface area contributed by atoms with Gasteiger partial charge in [0.1, 0.15) is 23.8 Å². The topological polar surface area (TPSA) is 170 Å². The Morgan fingerprint density at radius 2 is 1.57 bits per heavy atom. The van der Waals surface area contributed by atoms with E-state index in [0.717, 1.165) is 5.56 Å². The molecule has 3 N–H and O–H groups in total. The third-order valence-corrected chi connectivity index (χ3v) is 9.04. The van der Waals surface area contributed by atoms with E-state index in [9.17, 15) is 19.2 Å². The molecule has 6 bridgehead atoms. The number of benzene rings is 3. The monoisotopic (exact) mass is 725 g/mol. The normalized spacial score (nSPS) is 16.0. The second-order valence-electron chi connectivity index (χ2n) is 13.3. The van der Waals surface area contributed by atoms with Crippen LogP contribution >= 0.6 is 0 Å². The van der Waals surface area contributed by atoms with Gasteiger partial charge >= 0.3 is 5.69 Å². The summed E-state index contributed by atoms with van der Waals surface area (Å²) in [5.74, 6) is 1.78. The molecular formula is C39H43N5O9. The fourth-order valence-corrected chi connectivity index (χ4v) is 6.30. The number of piperidine rings is 1. The van der Waals surface area contributed by atoms with E-state index < -0.39 is 11.3 Å². The number of hydrogen-bond donors (Lipinski definition) is 3. The maximum absolute atomic E-state index is 14.1. The van der Waals surface area contributed by atoms with Gasteiger partial charge in [0.15, 0.2) is 28.6 Å². The Kier molecular flexibility index (Phi) is 11.2. The highest BCUT2D eigenvalue weighted by atomic mass is 16.5. The summed E-state index contributed by atoms with van der Waals surface area (Å²) in [7, 11) is 3.00. The number of rotatable bonds is 5. The van der Waals surface area contributed by atoms with Gasteiger partial charge in [-0.25, -0.2) is 4.79 Å². The first-order valence-corrected chi connectivity index (χ1v) is 17.5. The molecule has 0 unspecified atom stereocenters. The Hall–Kier alpha value is -6.05. The molecule has 1 saturated heterocycles. The first kappa shape index (κ1) is 36.7. The molecule has 14 heteroatoms. The van der Waals surface area contributed by atoms with Crippen LogP contribution in [-0.4, -0.2) is 78.7 Å². The second kappa shape index (κ2) is 16.1. The molecule has 11 rings (SSSR count). The van der Waals surface area contributed by atoms with Crippen LogP contribution in [0.1, 0.15) is 58.8 Å². The van der Waals surface area contributed by atoms with Crippen LogP contribution in [0.15, 0.2) is 71.5 Å². The van der Waals surface area contributed by atoms with Crippen molar-refractivity contribution in [1.29, 1.82) is 0 Å². The lowest BCUT2D eigenvalue weighted by Crippen LogP contribution is -2.58. The Bertz CT molecular complexity index is 2020. The predicted octanol–water partition coefficient (Wildman–Crippen LogP) is 4.27. The summed E-state index contributed by atoms with van der Waals surface area (Å²) >= 11 is 0. The number of methoxy groups -OCH3 is 2. The molecule has 1 spiro atoms. The van der Waals surface area contributed by atoms with E-state index in [-0.39, 0.29) is 75.0 Å². The number of nitrogens with one attached hydrogen (secondary N) is 3. The summed E-state index contributed by atoms with van der Waals surface area (Å²) in [5.41, 5.74) is -0.0656. The molecule has 7 aliphatic rings. The van der Waals surface area contributed by atoms with Crippen molar-refractivity contribution in [2.24, 2.45) is 5.92 Å². The summed E-state index contributed by atoms with van der Waals surface area (Å²) in [6.07, 6.45) is 0.960. The van der Waals surface area contributed by atoms with Crippen LogP contribution in [0.3, 0.4) is 0 Å². The van der Waals surface area contributed by atoms with Gasteiger partial charge in [-0.05, 0) is 78.6 Å². The van der Waals surface area contributed by atoms with Crippen LogP contribution in [-0.2, 0) is 17.8 Å². The van der Waals surface area contributed by atoms with Crippen LogP contribution in [0.4, 0.5) is 0 Å². The van der Waals surface area contributed by atoms with E-state index >= 15 is 0 Å². The molecule has 14 nitrogen and oxygen atoms in total. The zero-order valence-corrected chi connectivity index (χ0v) is 30.2. The standard InChI is InChI=1S/C39H43N5O9/c1-24(2)19-27-22-30(43-38(48)42-27)36(46)44-16-13-39(14-17-44)37(47)41-23-25-5-11-31(33(20-25)49-3)52-32-12-6-26(21-34(32)50-4)35(45)40-15-18-51-28-7-9-29(53-39)10-8-28/h5-12,20-22,24H,13-19,23H2,1-4H3,(H,40,45)(H,41,47)(H,42,43,48). The minimum atomic E-state index is -1.32. The minimum Gasteiger partial charge on any atom is -0.493 e. The molecule has 3 amide bonds. The van der Waals surface area contributed by atoms with Crippen molar-refractivity contribution < 1.29 is 38.1 Å². The highest BCUT2D eigenvalue weighted by Crippen LogP contribution is 2.38. The van der Waals surface area contributed by atoms with Gasteiger partial charge in [0.05, 0.1) is 20.8 Å². The van der Waals surface area contributed by atoms with Crippen molar-refractivity contribution in [3.8, 4) is 34.5 Å². The summed E-state index contributed by atoms with van der Waals surface area (Å²) < 4.78 is 29.6. The molecule has 278 valence electrons. The fourth-order valence-electron chi connectivity index (χ4n) is 6.30. The van der Waals surface area contributed by atoms with Crippen LogP contribution in [0.5, 0.6) is 34.5 Å². The highest BCUT2D eigenvalue weighted by molar-refractivity contribution is 5.95. The number of aromatic amines is 1. The largest absolute Gasteiger partial charge is 0.493 e. The molecule has 1 aromatic heterocycles. The van der Waals surface area contributed by atoms with Crippen molar-refractivity contribution >= 4 is 17.7 Å². The van der Waals surface area contributed by atoms with Gasteiger partial charge in [-0.1, -0.05) is 19.9 Å². The van der Waals surface area contributed by atoms with E-state index in [1.54, 1.807) is 71.6 Å². The van der Waals surface area contributed by atoms with Gasteiger partial charge < -0.3 is 44.2 Å². The van der Waals surface area contributed by atoms with E-state index in [0.29, 0.717) is 52.2 Å². The Labute approximate surface area is 306 Å². The first-order chi connectivity index (χ1) is 25.6. The van der Waals surface area contributed by atoms with Crippen LogP contribution in [0.25, 0.3) is 0 Å². The molecule has 0 atom stereocenters. The average Bonchev–Trinajstić information content (AvgIpc) is 3.15. The minimum absolute atomic E-state index is 0.0656. The first-order valence-electron chi connectivity index (χ1n) is 17.5. The number of carbonyl (C=O) groups excluding carboxylic acids is 3. The smallest absolute Gasteiger partial charge is 0.345 e. The summed E-state index contributed by atoms with van der Waals surface area (Å²) in [5, 5.41) is 5.87. The molecule has 0 aliphatic carbocycles. The van der Waals surface area contributed by atoms with Gasteiger partial charge in [0.2, 0.25) is 0 Å². The molecular weight excluding hydrogens is 682 g/mol. The van der Waals surface area contributed by atoms with E-state index in [1.165, 1.54) is 14.2 Å². The van der Waals surface area contributed by atoms with Gasteiger partial charge in [-0.2, -0.15) is 4.98 Å². The van der Waals surface area contributed by atoms with E-state index in [4.69, 9.17) is 23.7 Å². The molecule has 8 heterocycles. The number of hydrogen-bond acceptors (Lipinski definition) is 10. The third-order valence-electron chi connectivity index (χ3n) is 9.04. The molecule has 1 fully saturated rings. The summed E-state index contributed by atoms with van der Waals surface area (Å²) in [6.45, 7) is 5.03. The van der Waals surface area contributed by atoms with Crippen LogP contribution in [0, 0.1) is 5.92 Å². The zero-order chi connectivity index (χ0) is 37.5. The van der Waals surface area contributed by atoms with E-state index in [2.05, 4.69) is 20.6 Å². The molecule has 4 aromatic rings. The van der Waals surface area contributed by atoms with Gasteiger partial charge in [0, 0.05) is 43.7 Å². The Morgan fingerprint density at radius 3 is 2.26 bits per heavy atom. The lowest BCUT2D eigenvalue weighted by Gasteiger charge is -2.40. The number of nitrogens with zero attached hydrogens (tertiary/aromatic N) is 2. The molecule has 53 heavy (non-hydrogen) atoms. The zero-order valence-electron chi connectivity index (χ0n) is 30.2. The number of H-pyrrole nitrogens is 1. The lowest BCUT2D eigenvalue weighted by atomic mass is 9.89. The highest BCUT2D eigenvalue weighted by Gasteiger charge is 2.45. The van der Waals surface area contributed by atoms with Crippen molar-refractivity contribution in [3.63, 3.8) is 0 Å². The number of ether oxygens (including phenoxy) is 5. The van der Waals surface area contributed by atoms with Crippen LogP contribution in [0.2, 0.25) is 0 Å². The molecule has 3 aromatic carbocycles. The van der Waals surface area contributed by atoms with Gasteiger partial charge in [0.25, 0.3) is 17.7 Å². The number of carbonyl (C=O) groups is 3. The second-order valence-corrected chi connectivity index (χ2v) is 13.3. The quantitative estimate of drug-likeness (QED) is 0.270. The third kappa shape index (κ3) is 8.71. The average molecular weight is 726 g/mol.